The Balaban J connectivity index is 1.83. The van der Waals surface area contributed by atoms with Gasteiger partial charge in [-0.15, -0.1) is 0 Å². The fraction of sp³-hybridized carbons (Fsp3) is 0.125. The highest BCUT2D eigenvalue weighted by molar-refractivity contribution is 7.80. The molecule has 0 bridgehead atoms. The number of nitrogens with one attached hydrogen (secondary N) is 2. The number of benzene rings is 2. The van der Waals surface area contributed by atoms with Gasteiger partial charge in [0.2, 0.25) is 5.91 Å². The van der Waals surface area contributed by atoms with E-state index in [0.29, 0.717) is 17.1 Å². The van der Waals surface area contributed by atoms with Crippen molar-refractivity contribution in [1.82, 2.24) is 5.32 Å². The Morgan fingerprint density at radius 3 is 2.55 bits per heavy atom. The molecular weight excluding hydrogens is 320 g/mol. The van der Waals surface area contributed by atoms with Crippen LogP contribution in [0.3, 0.4) is 0 Å². The quantitative estimate of drug-likeness (QED) is 0.591. The number of carbonyl (C=O) groups excluding carboxylic acids is 1. The van der Waals surface area contributed by atoms with Crippen LogP contribution in [0.25, 0.3) is 0 Å². The summed E-state index contributed by atoms with van der Waals surface area (Å²) in [7, 11) is 0. The van der Waals surface area contributed by atoms with Gasteiger partial charge in [-0.25, -0.2) is 0 Å². The molecule has 2 aromatic carbocycles. The van der Waals surface area contributed by atoms with Gasteiger partial charge in [-0.2, -0.15) is 0 Å². The summed E-state index contributed by atoms with van der Waals surface area (Å²) in [6.07, 6.45) is 0.803. The maximum Gasteiger partial charge on any atom is 0.226 e. The molecule has 0 aliphatic carbocycles. The first-order valence-corrected chi connectivity index (χ1v) is 7.47. The zero-order valence-electron chi connectivity index (χ0n) is 11.7. The van der Waals surface area contributed by atoms with Crippen molar-refractivity contribution in [3.05, 3.63) is 59.1 Å². The summed E-state index contributed by atoms with van der Waals surface area (Å²) in [6, 6.07) is 14.0. The maximum absolute atomic E-state index is 11.9. The molecule has 2 rings (SSSR count). The lowest BCUT2D eigenvalue weighted by molar-refractivity contribution is -0.119. The van der Waals surface area contributed by atoms with Crippen LogP contribution in [0.5, 0.6) is 5.75 Å². The molecule has 22 heavy (non-hydrogen) atoms. The number of phenolic OH excluding ortho intramolecular Hbond substituents is 1. The molecule has 0 saturated heterocycles. The number of para-hydroxylation sites is 2. The summed E-state index contributed by atoms with van der Waals surface area (Å²) in [6.45, 7) is 0. The van der Waals surface area contributed by atoms with Gasteiger partial charge in [0.05, 0.1) is 5.69 Å². The molecule has 0 aliphatic rings. The van der Waals surface area contributed by atoms with Gasteiger partial charge in [0, 0.05) is 11.4 Å². The van der Waals surface area contributed by atoms with Crippen molar-refractivity contribution >= 4 is 40.5 Å². The van der Waals surface area contributed by atoms with Gasteiger partial charge in [0.25, 0.3) is 0 Å². The number of hydrogen-bond donors (Lipinski definition) is 3. The SMILES string of the molecule is O=C(CCc1ccccc1Cl)NC(=S)Nc1ccccc1O. The first-order valence-electron chi connectivity index (χ1n) is 6.68. The van der Waals surface area contributed by atoms with Crippen molar-refractivity contribution in [2.45, 2.75) is 12.8 Å². The van der Waals surface area contributed by atoms with Crippen molar-refractivity contribution < 1.29 is 9.90 Å². The standard InChI is InChI=1S/C16H15ClN2O2S/c17-12-6-2-1-5-11(12)9-10-15(21)19-16(22)18-13-7-3-4-8-14(13)20/h1-8,20H,9-10H2,(H2,18,19,21,22). The van der Waals surface area contributed by atoms with Crippen molar-refractivity contribution in [3.63, 3.8) is 0 Å². The minimum Gasteiger partial charge on any atom is -0.506 e. The second kappa shape index (κ2) is 7.77. The van der Waals surface area contributed by atoms with Gasteiger partial charge in [-0.05, 0) is 42.4 Å². The van der Waals surface area contributed by atoms with Crippen LogP contribution >= 0.6 is 23.8 Å². The van der Waals surface area contributed by atoms with E-state index in [1.165, 1.54) is 6.07 Å². The van der Waals surface area contributed by atoms with Crippen LogP contribution in [0.2, 0.25) is 5.02 Å². The highest BCUT2D eigenvalue weighted by Gasteiger charge is 2.08. The van der Waals surface area contributed by atoms with Crippen LogP contribution in [-0.2, 0) is 11.2 Å². The Morgan fingerprint density at radius 1 is 1.14 bits per heavy atom. The number of hydrogen-bond acceptors (Lipinski definition) is 3. The van der Waals surface area contributed by atoms with Gasteiger partial charge in [-0.1, -0.05) is 41.9 Å². The third kappa shape index (κ3) is 4.72. The highest BCUT2D eigenvalue weighted by Crippen LogP contribution is 2.21. The minimum absolute atomic E-state index is 0.0650. The summed E-state index contributed by atoms with van der Waals surface area (Å²) in [5, 5.41) is 15.8. The number of thiocarbonyl (C=S) groups is 1. The van der Waals surface area contributed by atoms with Crippen LogP contribution in [0.1, 0.15) is 12.0 Å². The number of amides is 1. The monoisotopic (exact) mass is 334 g/mol. The van der Waals surface area contributed by atoms with Crippen LogP contribution < -0.4 is 10.6 Å². The van der Waals surface area contributed by atoms with Crippen LogP contribution in [0, 0.1) is 0 Å². The second-order valence-corrected chi connectivity index (χ2v) is 5.43. The lowest BCUT2D eigenvalue weighted by Gasteiger charge is -2.10. The summed E-state index contributed by atoms with van der Waals surface area (Å²) >= 11 is 11.1. The molecule has 0 spiro atoms. The third-order valence-corrected chi connectivity index (χ3v) is 3.56. The molecule has 0 atom stereocenters. The predicted molar refractivity (Wildman–Crippen MR) is 92.2 cm³/mol. The van der Waals surface area contributed by atoms with E-state index in [1.54, 1.807) is 24.3 Å². The summed E-state index contributed by atoms with van der Waals surface area (Å²) in [5.74, 6) is -0.150. The maximum atomic E-state index is 11.9. The molecule has 3 N–H and O–H groups in total. The molecule has 0 heterocycles. The molecule has 0 aromatic heterocycles. The molecule has 0 saturated carbocycles. The Labute approximate surface area is 139 Å². The van der Waals surface area contributed by atoms with Crippen LogP contribution in [-0.4, -0.2) is 16.1 Å². The minimum atomic E-state index is -0.215. The molecular formula is C16H15ClN2O2S. The summed E-state index contributed by atoms with van der Waals surface area (Å²) in [5.41, 5.74) is 1.36. The number of phenols is 1. The molecule has 1 amide bonds. The van der Waals surface area contributed by atoms with Crippen molar-refractivity contribution in [3.8, 4) is 5.75 Å². The Bertz CT molecular complexity index is 691. The number of carbonyl (C=O) groups is 1. The van der Waals surface area contributed by atoms with E-state index in [9.17, 15) is 9.90 Å². The van der Waals surface area contributed by atoms with Crippen LogP contribution in [0.4, 0.5) is 5.69 Å². The molecule has 114 valence electrons. The van der Waals surface area contributed by atoms with E-state index in [-0.39, 0.29) is 23.2 Å². The molecule has 0 unspecified atom stereocenters. The summed E-state index contributed by atoms with van der Waals surface area (Å²) < 4.78 is 0. The topological polar surface area (TPSA) is 61.4 Å². The lowest BCUT2D eigenvalue weighted by Crippen LogP contribution is -2.34. The Kier molecular flexibility index (Phi) is 5.75. The molecule has 0 aliphatic heterocycles. The lowest BCUT2D eigenvalue weighted by atomic mass is 10.1. The first-order chi connectivity index (χ1) is 10.6. The number of aryl methyl sites for hydroxylation is 1. The average molecular weight is 335 g/mol. The van der Waals surface area contributed by atoms with Gasteiger partial charge in [0.15, 0.2) is 5.11 Å². The van der Waals surface area contributed by atoms with Gasteiger partial charge in [0.1, 0.15) is 5.75 Å². The van der Waals surface area contributed by atoms with Gasteiger partial charge in [-0.3, -0.25) is 4.79 Å². The number of halogens is 1. The fourth-order valence-electron chi connectivity index (χ4n) is 1.87. The van der Waals surface area contributed by atoms with Crippen LogP contribution in [0.15, 0.2) is 48.5 Å². The zero-order valence-corrected chi connectivity index (χ0v) is 13.2. The predicted octanol–water partition coefficient (Wildman–Crippen LogP) is 3.49. The van der Waals surface area contributed by atoms with Crippen molar-refractivity contribution in [2.75, 3.05) is 5.32 Å². The Morgan fingerprint density at radius 2 is 1.82 bits per heavy atom. The van der Waals surface area contributed by atoms with Crippen molar-refractivity contribution in [1.29, 1.82) is 0 Å². The van der Waals surface area contributed by atoms with Gasteiger partial charge >= 0.3 is 0 Å². The summed E-state index contributed by atoms with van der Waals surface area (Å²) in [4.78, 5) is 11.9. The smallest absolute Gasteiger partial charge is 0.226 e. The van der Waals surface area contributed by atoms with Gasteiger partial charge < -0.3 is 15.7 Å². The molecule has 0 fully saturated rings. The van der Waals surface area contributed by atoms with E-state index in [4.69, 9.17) is 23.8 Å². The molecule has 4 nitrogen and oxygen atoms in total. The molecule has 0 radical (unpaired) electrons. The van der Waals surface area contributed by atoms with E-state index in [1.807, 2.05) is 18.2 Å². The van der Waals surface area contributed by atoms with Crippen molar-refractivity contribution in [2.24, 2.45) is 0 Å². The Hall–Kier alpha value is -2.11. The number of anilines is 1. The molecule has 2 aromatic rings. The zero-order chi connectivity index (χ0) is 15.9. The fourth-order valence-corrected chi connectivity index (χ4v) is 2.33. The van der Waals surface area contributed by atoms with E-state index >= 15 is 0 Å². The highest BCUT2D eigenvalue weighted by atomic mass is 35.5. The van der Waals surface area contributed by atoms with E-state index in [0.717, 1.165) is 5.56 Å². The third-order valence-electron chi connectivity index (χ3n) is 2.98. The van der Waals surface area contributed by atoms with E-state index in [2.05, 4.69) is 10.6 Å². The number of rotatable bonds is 4. The normalized spacial score (nSPS) is 10.0. The number of aromatic hydroxyl groups is 1. The van der Waals surface area contributed by atoms with E-state index < -0.39 is 0 Å². The average Bonchev–Trinajstić information content (AvgIpc) is 2.49. The molecule has 6 heteroatoms. The largest absolute Gasteiger partial charge is 0.506 e. The first kappa shape index (κ1) is 16.3. The second-order valence-electron chi connectivity index (χ2n) is 4.61.